The van der Waals surface area contributed by atoms with E-state index in [2.05, 4.69) is 0 Å². The van der Waals surface area contributed by atoms with Gasteiger partial charge in [0.25, 0.3) is 11.1 Å². The molecule has 2 amide bonds. The van der Waals surface area contributed by atoms with Gasteiger partial charge < -0.3 is 4.74 Å². The van der Waals surface area contributed by atoms with E-state index in [0.717, 1.165) is 22.2 Å². The highest BCUT2D eigenvalue weighted by atomic mass is 35.5. The van der Waals surface area contributed by atoms with Gasteiger partial charge in [0.1, 0.15) is 12.4 Å². The molecular weight excluding hydrogens is 446 g/mol. The molecule has 160 valence electrons. The molecule has 1 aliphatic heterocycles. The predicted octanol–water partition coefficient (Wildman–Crippen LogP) is 5.84. The van der Waals surface area contributed by atoms with Crippen LogP contribution in [0, 0.1) is 0 Å². The number of ether oxygens (including phenoxy) is 1. The Hall–Kier alpha value is -3.35. The number of carbonyl (C=O) groups excluding carboxylic acids is 3. The number of nitrogens with zero attached hydrogens (tertiary/aromatic N) is 1. The van der Waals surface area contributed by atoms with Gasteiger partial charge in [-0.25, -0.2) is 0 Å². The number of ketones is 1. The van der Waals surface area contributed by atoms with Crippen molar-refractivity contribution in [1.82, 2.24) is 4.90 Å². The molecule has 0 radical (unpaired) electrons. The van der Waals surface area contributed by atoms with Crippen LogP contribution >= 0.6 is 23.4 Å². The number of Topliss-reactive ketones (excluding diaryl/α,β-unsaturated/α-hetero) is 1. The van der Waals surface area contributed by atoms with E-state index >= 15 is 0 Å². The van der Waals surface area contributed by atoms with Crippen molar-refractivity contribution in [2.45, 2.75) is 6.61 Å². The molecule has 3 aromatic rings. The van der Waals surface area contributed by atoms with E-state index in [1.54, 1.807) is 60.7 Å². The van der Waals surface area contributed by atoms with E-state index < -0.39 is 11.1 Å². The molecule has 1 heterocycles. The van der Waals surface area contributed by atoms with E-state index in [9.17, 15) is 14.4 Å². The fraction of sp³-hybridized carbons (Fsp3) is 0.0800. The Balaban J connectivity index is 1.49. The van der Waals surface area contributed by atoms with Crippen LogP contribution in [-0.2, 0) is 11.4 Å². The van der Waals surface area contributed by atoms with Crippen LogP contribution in [0.2, 0.25) is 5.02 Å². The van der Waals surface area contributed by atoms with Gasteiger partial charge in [0, 0.05) is 16.1 Å². The van der Waals surface area contributed by atoms with Gasteiger partial charge >= 0.3 is 0 Å². The molecule has 3 aromatic carbocycles. The first-order chi connectivity index (χ1) is 15.5. The Labute approximate surface area is 194 Å². The van der Waals surface area contributed by atoms with Gasteiger partial charge in [0.15, 0.2) is 5.78 Å². The van der Waals surface area contributed by atoms with Crippen molar-refractivity contribution in [1.29, 1.82) is 0 Å². The largest absolute Gasteiger partial charge is 0.488 e. The zero-order chi connectivity index (χ0) is 22.5. The van der Waals surface area contributed by atoms with E-state index in [-0.39, 0.29) is 17.2 Å². The van der Waals surface area contributed by atoms with Crippen LogP contribution in [0.25, 0.3) is 6.08 Å². The van der Waals surface area contributed by atoms with Gasteiger partial charge in [-0.3, -0.25) is 19.3 Å². The Morgan fingerprint density at radius 2 is 1.62 bits per heavy atom. The third-order valence-electron chi connectivity index (χ3n) is 4.78. The summed E-state index contributed by atoms with van der Waals surface area (Å²) in [5, 5.41) is 0.181. The standard InChI is InChI=1S/C25H18ClNO4S/c26-20-12-10-17(11-13-20)16-31-22-9-5-4-8-19(22)14-23-24(29)27(25(30)32-23)15-21(28)18-6-2-1-3-7-18/h1-14H,15-16H2/b23-14+. The highest BCUT2D eigenvalue weighted by Crippen LogP contribution is 2.34. The van der Waals surface area contributed by atoms with E-state index in [4.69, 9.17) is 16.3 Å². The van der Waals surface area contributed by atoms with Crippen LogP contribution in [0.1, 0.15) is 21.5 Å². The molecule has 0 saturated carbocycles. The van der Waals surface area contributed by atoms with Gasteiger partial charge in [0.2, 0.25) is 0 Å². The monoisotopic (exact) mass is 463 g/mol. The number of thioether (sulfide) groups is 1. The van der Waals surface area contributed by atoms with Crippen molar-refractivity contribution < 1.29 is 19.1 Å². The summed E-state index contributed by atoms with van der Waals surface area (Å²) in [5.41, 5.74) is 2.07. The van der Waals surface area contributed by atoms with Crippen molar-refractivity contribution in [3.05, 3.63) is 105 Å². The minimum atomic E-state index is -0.489. The van der Waals surface area contributed by atoms with Crippen LogP contribution in [-0.4, -0.2) is 28.4 Å². The maximum atomic E-state index is 12.8. The second-order valence-corrected chi connectivity index (χ2v) is 8.44. The molecular formula is C25H18ClNO4S. The fourth-order valence-electron chi connectivity index (χ4n) is 3.11. The molecule has 1 fully saturated rings. The topological polar surface area (TPSA) is 63.7 Å². The fourth-order valence-corrected chi connectivity index (χ4v) is 4.06. The molecule has 4 rings (SSSR count). The molecule has 1 aliphatic rings. The Morgan fingerprint density at radius 1 is 0.938 bits per heavy atom. The summed E-state index contributed by atoms with van der Waals surface area (Å²) in [6.07, 6.45) is 1.62. The number of halogens is 1. The lowest BCUT2D eigenvalue weighted by molar-refractivity contribution is -0.122. The Kier molecular flexibility index (Phi) is 6.73. The SMILES string of the molecule is O=C(CN1C(=O)S/C(=C/c2ccccc2OCc2ccc(Cl)cc2)C1=O)c1ccccc1. The van der Waals surface area contributed by atoms with Crippen LogP contribution in [0.15, 0.2) is 83.8 Å². The van der Waals surface area contributed by atoms with Crippen LogP contribution < -0.4 is 4.74 Å². The average molecular weight is 464 g/mol. The molecule has 5 nitrogen and oxygen atoms in total. The number of amides is 2. The zero-order valence-electron chi connectivity index (χ0n) is 16.9. The molecule has 7 heteroatoms. The first kappa shape index (κ1) is 21.9. The smallest absolute Gasteiger partial charge is 0.293 e. The lowest BCUT2D eigenvalue weighted by Crippen LogP contribution is -2.33. The van der Waals surface area contributed by atoms with Gasteiger partial charge in [-0.15, -0.1) is 0 Å². The third-order valence-corrected chi connectivity index (χ3v) is 5.94. The molecule has 0 N–H and O–H groups in total. The van der Waals surface area contributed by atoms with E-state index in [0.29, 0.717) is 28.5 Å². The molecule has 0 bridgehead atoms. The number of hydrogen-bond acceptors (Lipinski definition) is 5. The lowest BCUT2D eigenvalue weighted by Gasteiger charge is -2.11. The summed E-state index contributed by atoms with van der Waals surface area (Å²) in [6, 6.07) is 23.2. The number of rotatable bonds is 7. The maximum absolute atomic E-state index is 12.8. The molecule has 32 heavy (non-hydrogen) atoms. The minimum Gasteiger partial charge on any atom is -0.488 e. The summed E-state index contributed by atoms with van der Waals surface area (Å²) in [7, 11) is 0. The van der Waals surface area contributed by atoms with Crippen LogP contribution in [0.4, 0.5) is 4.79 Å². The third kappa shape index (κ3) is 5.10. The zero-order valence-corrected chi connectivity index (χ0v) is 18.4. The summed E-state index contributed by atoms with van der Waals surface area (Å²) >= 11 is 6.73. The summed E-state index contributed by atoms with van der Waals surface area (Å²) in [5.74, 6) is -0.202. The van der Waals surface area contributed by atoms with E-state index in [1.807, 2.05) is 24.3 Å². The lowest BCUT2D eigenvalue weighted by atomic mass is 10.1. The molecule has 0 spiro atoms. The summed E-state index contributed by atoms with van der Waals surface area (Å²) in [6.45, 7) is 0.0375. The normalized spacial score (nSPS) is 14.8. The summed E-state index contributed by atoms with van der Waals surface area (Å²) in [4.78, 5) is 38.9. The number of para-hydroxylation sites is 1. The first-order valence-corrected chi connectivity index (χ1v) is 11.0. The number of imide groups is 1. The molecule has 0 atom stereocenters. The van der Waals surface area contributed by atoms with Crippen molar-refractivity contribution in [3.63, 3.8) is 0 Å². The van der Waals surface area contributed by atoms with Crippen LogP contribution in [0.3, 0.4) is 0 Å². The predicted molar refractivity (Wildman–Crippen MR) is 126 cm³/mol. The quantitative estimate of drug-likeness (QED) is 0.325. The minimum absolute atomic E-state index is 0.249. The first-order valence-electron chi connectivity index (χ1n) is 9.81. The molecule has 0 unspecified atom stereocenters. The Morgan fingerprint density at radius 3 is 2.38 bits per heavy atom. The van der Waals surface area contributed by atoms with E-state index in [1.165, 1.54) is 0 Å². The van der Waals surface area contributed by atoms with Crippen molar-refractivity contribution in [2.24, 2.45) is 0 Å². The second kappa shape index (κ2) is 9.85. The van der Waals surface area contributed by atoms with Gasteiger partial charge in [0.05, 0.1) is 11.4 Å². The van der Waals surface area contributed by atoms with Gasteiger partial charge in [-0.2, -0.15) is 0 Å². The number of carbonyl (C=O) groups is 3. The van der Waals surface area contributed by atoms with Crippen molar-refractivity contribution >= 4 is 46.4 Å². The second-order valence-electron chi connectivity index (χ2n) is 7.01. The van der Waals surface area contributed by atoms with Crippen LogP contribution in [0.5, 0.6) is 5.75 Å². The highest BCUT2D eigenvalue weighted by molar-refractivity contribution is 8.18. The highest BCUT2D eigenvalue weighted by Gasteiger charge is 2.36. The Bertz CT molecular complexity index is 1190. The van der Waals surface area contributed by atoms with Crippen molar-refractivity contribution in [2.75, 3.05) is 6.54 Å². The van der Waals surface area contributed by atoms with Crippen molar-refractivity contribution in [3.8, 4) is 5.75 Å². The van der Waals surface area contributed by atoms with Gasteiger partial charge in [-0.1, -0.05) is 72.3 Å². The summed E-state index contributed by atoms with van der Waals surface area (Å²) < 4.78 is 5.92. The van der Waals surface area contributed by atoms with Gasteiger partial charge in [-0.05, 0) is 41.6 Å². The molecule has 0 aromatic heterocycles. The average Bonchev–Trinajstić information content (AvgIpc) is 3.07. The molecule has 1 saturated heterocycles. The number of hydrogen-bond donors (Lipinski definition) is 0. The maximum Gasteiger partial charge on any atom is 0.293 e. The number of benzene rings is 3. The molecule has 0 aliphatic carbocycles.